The minimum absolute atomic E-state index is 0.0266. The molecule has 0 spiro atoms. The van der Waals surface area contributed by atoms with Crippen LogP contribution >= 0.6 is 11.8 Å². The van der Waals surface area contributed by atoms with E-state index in [-0.39, 0.29) is 52.9 Å². The van der Waals surface area contributed by atoms with Crippen LogP contribution in [-0.2, 0) is 14.4 Å². The van der Waals surface area contributed by atoms with E-state index in [4.69, 9.17) is 5.11 Å². The minimum atomic E-state index is -1.05. The van der Waals surface area contributed by atoms with Gasteiger partial charge in [0.2, 0.25) is 11.8 Å². The predicted octanol–water partition coefficient (Wildman–Crippen LogP) is 4.00. The normalized spacial score (nSPS) is 11.9. The second kappa shape index (κ2) is 10.4. The summed E-state index contributed by atoms with van der Waals surface area (Å²) >= 11 is 1.23. The molecule has 3 aromatic carbocycles. The molecule has 1 aliphatic rings. The molecule has 176 valence electrons. The lowest BCUT2D eigenvalue weighted by molar-refractivity contribution is -0.138. The molecule has 4 rings (SSSR count). The van der Waals surface area contributed by atoms with Gasteiger partial charge < -0.3 is 15.7 Å². The van der Waals surface area contributed by atoms with Crippen molar-refractivity contribution in [2.24, 2.45) is 0 Å². The van der Waals surface area contributed by atoms with Gasteiger partial charge in [-0.15, -0.1) is 11.8 Å². The Hall–Kier alpha value is -4.24. The summed E-state index contributed by atoms with van der Waals surface area (Å²) in [6, 6.07) is 18.2. The first-order chi connectivity index (χ1) is 16.8. The third-order valence-corrected chi connectivity index (χ3v) is 6.27. The molecule has 35 heavy (non-hydrogen) atoms. The zero-order chi connectivity index (χ0) is 24.9. The standard InChI is InChI=1S/C26H20N2O6S/c29-21(11-12-23(31)32)27-15-5-3-6-16(13-15)35-14-22(30)28-20-10-4-9-19-24(20)26(34)18-8-2-1-7-17(18)25(19)33/h1-10,13H,11-12,14H2,(H,27,29)(H,28,30)(H,31,32). The van der Waals surface area contributed by atoms with Crippen LogP contribution in [0.5, 0.6) is 0 Å². The highest BCUT2D eigenvalue weighted by atomic mass is 32.2. The van der Waals surface area contributed by atoms with Crippen molar-refractivity contribution in [2.75, 3.05) is 16.4 Å². The van der Waals surface area contributed by atoms with Crippen LogP contribution in [0.3, 0.4) is 0 Å². The molecule has 3 aromatic rings. The van der Waals surface area contributed by atoms with Gasteiger partial charge in [0.05, 0.1) is 23.4 Å². The number of carbonyl (C=O) groups is 5. The molecule has 1 aliphatic carbocycles. The molecule has 0 aliphatic heterocycles. The maximum absolute atomic E-state index is 13.1. The smallest absolute Gasteiger partial charge is 0.303 e. The number of benzene rings is 3. The number of fused-ring (bicyclic) bond motifs is 2. The summed E-state index contributed by atoms with van der Waals surface area (Å²) in [7, 11) is 0. The fourth-order valence-electron chi connectivity index (χ4n) is 3.69. The third kappa shape index (κ3) is 5.47. The van der Waals surface area contributed by atoms with Crippen LogP contribution in [0.2, 0.25) is 0 Å². The number of carbonyl (C=O) groups excluding carboxylic acids is 4. The first-order valence-corrected chi connectivity index (χ1v) is 11.7. The summed E-state index contributed by atoms with van der Waals surface area (Å²) < 4.78 is 0. The van der Waals surface area contributed by atoms with E-state index in [0.29, 0.717) is 21.7 Å². The highest BCUT2D eigenvalue weighted by Gasteiger charge is 2.31. The highest BCUT2D eigenvalue weighted by molar-refractivity contribution is 8.00. The van der Waals surface area contributed by atoms with Gasteiger partial charge in [-0.1, -0.05) is 42.5 Å². The number of aliphatic carboxylic acids is 1. The van der Waals surface area contributed by atoms with E-state index in [9.17, 15) is 24.0 Å². The predicted molar refractivity (Wildman–Crippen MR) is 131 cm³/mol. The molecule has 8 nitrogen and oxygen atoms in total. The van der Waals surface area contributed by atoms with Crippen LogP contribution in [0.25, 0.3) is 0 Å². The summed E-state index contributed by atoms with van der Waals surface area (Å²) in [6.07, 6.45) is -0.397. The van der Waals surface area contributed by atoms with Crippen LogP contribution < -0.4 is 10.6 Å². The van der Waals surface area contributed by atoms with Crippen molar-refractivity contribution >= 4 is 52.5 Å². The Morgan fingerprint density at radius 2 is 1.43 bits per heavy atom. The summed E-state index contributed by atoms with van der Waals surface area (Å²) in [5.74, 6) is -2.38. The number of amides is 2. The van der Waals surface area contributed by atoms with Crippen LogP contribution in [0, 0.1) is 0 Å². The van der Waals surface area contributed by atoms with Crippen molar-refractivity contribution in [3.63, 3.8) is 0 Å². The van der Waals surface area contributed by atoms with Crippen molar-refractivity contribution in [2.45, 2.75) is 17.7 Å². The highest BCUT2D eigenvalue weighted by Crippen LogP contribution is 2.32. The zero-order valence-electron chi connectivity index (χ0n) is 18.4. The molecule has 2 amide bonds. The van der Waals surface area contributed by atoms with E-state index < -0.39 is 11.9 Å². The fourth-order valence-corrected chi connectivity index (χ4v) is 4.45. The molecule has 0 unspecified atom stereocenters. The molecular weight excluding hydrogens is 468 g/mol. The molecule has 0 radical (unpaired) electrons. The number of rotatable bonds is 8. The number of thioether (sulfide) groups is 1. The number of carboxylic acid groups (broad SMARTS) is 1. The van der Waals surface area contributed by atoms with E-state index in [1.807, 2.05) is 0 Å². The van der Waals surface area contributed by atoms with E-state index >= 15 is 0 Å². The van der Waals surface area contributed by atoms with E-state index in [2.05, 4.69) is 10.6 Å². The summed E-state index contributed by atoms with van der Waals surface area (Å²) in [5.41, 5.74) is 1.86. The maximum atomic E-state index is 13.1. The van der Waals surface area contributed by atoms with E-state index in [1.54, 1.807) is 66.7 Å². The van der Waals surface area contributed by atoms with Gasteiger partial charge in [-0.3, -0.25) is 24.0 Å². The quantitative estimate of drug-likeness (QED) is 0.320. The van der Waals surface area contributed by atoms with Gasteiger partial charge in [0.1, 0.15) is 0 Å². The Kier molecular flexibility index (Phi) is 7.07. The van der Waals surface area contributed by atoms with E-state index in [1.165, 1.54) is 11.8 Å². The minimum Gasteiger partial charge on any atom is -0.481 e. The van der Waals surface area contributed by atoms with Crippen molar-refractivity contribution < 1.29 is 29.1 Å². The topological polar surface area (TPSA) is 130 Å². The molecule has 3 N–H and O–H groups in total. The third-order valence-electron chi connectivity index (χ3n) is 5.28. The van der Waals surface area contributed by atoms with Gasteiger partial charge in [0.15, 0.2) is 11.6 Å². The zero-order valence-corrected chi connectivity index (χ0v) is 19.2. The monoisotopic (exact) mass is 488 g/mol. The molecule has 9 heteroatoms. The Morgan fingerprint density at radius 3 is 2.17 bits per heavy atom. The Balaban J connectivity index is 1.42. The molecule has 0 fully saturated rings. The number of hydrogen-bond donors (Lipinski definition) is 3. The van der Waals surface area contributed by atoms with Crippen LogP contribution in [-0.4, -0.2) is 40.2 Å². The van der Waals surface area contributed by atoms with Crippen LogP contribution in [0.4, 0.5) is 11.4 Å². The second-order valence-corrected chi connectivity index (χ2v) is 8.79. The lowest BCUT2D eigenvalue weighted by Crippen LogP contribution is -2.24. The van der Waals surface area contributed by atoms with Crippen molar-refractivity contribution in [3.05, 3.63) is 89.0 Å². The number of carboxylic acids is 1. The molecule has 0 heterocycles. The molecule has 0 saturated carbocycles. The summed E-state index contributed by atoms with van der Waals surface area (Å²) in [4.78, 5) is 61.7. The van der Waals surface area contributed by atoms with Crippen LogP contribution in [0.1, 0.15) is 44.7 Å². The first kappa shape index (κ1) is 23.9. The molecule has 0 atom stereocenters. The SMILES string of the molecule is O=C(O)CCC(=O)Nc1cccc(SCC(=O)Nc2cccc3c2C(=O)c2ccccc2C3=O)c1. The summed E-state index contributed by atoms with van der Waals surface area (Å²) in [6.45, 7) is 0. The second-order valence-electron chi connectivity index (χ2n) is 7.74. The molecule has 0 aromatic heterocycles. The van der Waals surface area contributed by atoms with E-state index in [0.717, 1.165) is 0 Å². The number of nitrogens with one attached hydrogen (secondary N) is 2. The largest absolute Gasteiger partial charge is 0.481 e. The van der Waals surface area contributed by atoms with Gasteiger partial charge in [-0.05, 0) is 24.3 Å². The first-order valence-electron chi connectivity index (χ1n) is 10.7. The average Bonchev–Trinajstić information content (AvgIpc) is 2.85. The molecule has 0 bridgehead atoms. The number of anilines is 2. The van der Waals surface area contributed by atoms with Gasteiger partial charge in [-0.25, -0.2) is 0 Å². The molecule has 0 saturated heterocycles. The number of hydrogen-bond acceptors (Lipinski definition) is 6. The van der Waals surface area contributed by atoms with Crippen molar-refractivity contribution in [3.8, 4) is 0 Å². The fraction of sp³-hybridized carbons (Fsp3) is 0.115. The maximum Gasteiger partial charge on any atom is 0.303 e. The van der Waals surface area contributed by atoms with Crippen molar-refractivity contribution in [1.29, 1.82) is 0 Å². The lowest BCUT2D eigenvalue weighted by atomic mass is 9.83. The lowest BCUT2D eigenvalue weighted by Gasteiger charge is -2.20. The van der Waals surface area contributed by atoms with Gasteiger partial charge in [0, 0.05) is 33.7 Å². The Morgan fingerprint density at radius 1 is 0.743 bits per heavy atom. The molecular formula is C26H20N2O6S. The van der Waals surface area contributed by atoms with Crippen LogP contribution in [0.15, 0.2) is 71.6 Å². The Bertz CT molecular complexity index is 1370. The van der Waals surface area contributed by atoms with Gasteiger partial charge in [0.25, 0.3) is 0 Å². The van der Waals surface area contributed by atoms with Gasteiger partial charge in [-0.2, -0.15) is 0 Å². The number of ketones is 2. The van der Waals surface area contributed by atoms with Crippen molar-refractivity contribution in [1.82, 2.24) is 0 Å². The van der Waals surface area contributed by atoms with Gasteiger partial charge >= 0.3 is 5.97 Å². The summed E-state index contributed by atoms with van der Waals surface area (Å²) in [5, 5.41) is 14.0. The Labute approximate surface area is 204 Å². The average molecular weight is 489 g/mol.